The highest BCUT2D eigenvalue weighted by Crippen LogP contribution is 2.46. The van der Waals surface area contributed by atoms with E-state index in [9.17, 15) is 19.5 Å². The number of rotatable bonds is 8. The summed E-state index contributed by atoms with van der Waals surface area (Å²) in [6, 6.07) is 19.1. The third kappa shape index (κ3) is 4.94. The minimum atomic E-state index is -1.67. The highest BCUT2D eigenvalue weighted by molar-refractivity contribution is 6.13. The normalized spacial score (nSPS) is 16.6. The molecule has 2 N–H and O–H groups in total. The summed E-state index contributed by atoms with van der Waals surface area (Å²) < 4.78 is 11.1. The minimum Gasteiger partial charge on any atom is -0.496 e. The van der Waals surface area contributed by atoms with E-state index in [4.69, 9.17) is 14.6 Å². The number of carbonyl (C=O) groups is 3. The molecule has 1 aliphatic rings. The fourth-order valence-corrected chi connectivity index (χ4v) is 5.02. The summed E-state index contributed by atoms with van der Waals surface area (Å²) in [5, 5.41) is 19.8. The fraction of sp³-hybridized carbons (Fsp3) is 0.300. The van der Waals surface area contributed by atoms with Gasteiger partial charge >= 0.3 is 11.9 Å². The third-order valence-corrected chi connectivity index (χ3v) is 6.79. The number of carbonyl (C=O) groups excluding carboxylic acids is 1. The van der Waals surface area contributed by atoms with Gasteiger partial charge in [0.25, 0.3) is 5.91 Å². The van der Waals surface area contributed by atoms with Crippen molar-refractivity contribution < 1.29 is 34.1 Å². The number of hydrogen-bond donors (Lipinski definition) is 2. The maximum atomic E-state index is 14.2. The van der Waals surface area contributed by atoms with Gasteiger partial charge in [0.1, 0.15) is 11.5 Å². The molecule has 198 valence electrons. The van der Waals surface area contributed by atoms with Crippen molar-refractivity contribution in [3.63, 3.8) is 0 Å². The van der Waals surface area contributed by atoms with Crippen molar-refractivity contribution in [3.05, 3.63) is 89.0 Å². The lowest BCUT2D eigenvalue weighted by Crippen LogP contribution is -2.57. The van der Waals surface area contributed by atoms with E-state index in [2.05, 4.69) is 0 Å². The van der Waals surface area contributed by atoms with Gasteiger partial charge in [-0.1, -0.05) is 63.2 Å². The molecule has 8 nitrogen and oxygen atoms in total. The molecule has 1 aliphatic heterocycles. The van der Waals surface area contributed by atoms with Crippen LogP contribution in [0.1, 0.15) is 47.8 Å². The molecule has 0 saturated carbocycles. The lowest BCUT2D eigenvalue weighted by Gasteiger charge is -2.35. The number of carboxylic acids is 2. The van der Waals surface area contributed by atoms with Gasteiger partial charge in [0.05, 0.1) is 12.8 Å². The molecule has 0 bridgehead atoms. The van der Waals surface area contributed by atoms with Crippen molar-refractivity contribution in [1.82, 2.24) is 0 Å². The van der Waals surface area contributed by atoms with E-state index >= 15 is 0 Å². The van der Waals surface area contributed by atoms with Crippen LogP contribution in [-0.2, 0) is 27.8 Å². The predicted molar refractivity (Wildman–Crippen MR) is 142 cm³/mol. The molecule has 4 rings (SSSR count). The van der Waals surface area contributed by atoms with Gasteiger partial charge in [0.15, 0.2) is 12.1 Å². The summed E-state index contributed by atoms with van der Waals surface area (Å²) in [6.45, 7) is 5.53. The van der Waals surface area contributed by atoms with E-state index in [-0.39, 0.29) is 29.6 Å². The first-order chi connectivity index (χ1) is 18.0. The molecule has 1 heterocycles. The summed E-state index contributed by atoms with van der Waals surface area (Å²) >= 11 is 0. The lowest BCUT2D eigenvalue weighted by atomic mass is 9.85. The standard InChI is InChI=1S/C30H31NO7/c1-29(2,3)22-14-13-20(15-25(22)37-4)27(34)31-23-11-8-12-24(38-18-26(32)33)21(23)17-30(31,28(35)36)16-19-9-6-5-7-10-19/h5-15H,16-18H2,1-4H3,(H,32,33)(H,35,36). The number of methoxy groups -OCH3 is 1. The van der Waals surface area contributed by atoms with Crippen molar-refractivity contribution in [2.45, 2.75) is 44.6 Å². The molecule has 3 aromatic rings. The molecule has 8 heteroatoms. The van der Waals surface area contributed by atoms with Crippen LogP contribution in [0.3, 0.4) is 0 Å². The van der Waals surface area contributed by atoms with E-state index in [1.165, 1.54) is 12.0 Å². The largest absolute Gasteiger partial charge is 0.496 e. The molecule has 0 radical (unpaired) electrons. The number of aliphatic carboxylic acids is 2. The molecular formula is C30H31NO7. The molecule has 1 amide bonds. The molecule has 38 heavy (non-hydrogen) atoms. The first-order valence-corrected chi connectivity index (χ1v) is 12.2. The quantitative estimate of drug-likeness (QED) is 0.444. The molecule has 0 fully saturated rings. The molecule has 0 spiro atoms. The summed E-state index contributed by atoms with van der Waals surface area (Å²) in [5.41, 5.74) is 0.874. The monoisotopic (exact) mass is 517 g/mol. The van der Waals surface area contributed by atoms with Crippen LogP contribution >= 0.6 is 0 Å². The van der Waals surface area contributed by atoms with E-state index in [0.29, 0.717) is 17.0 Å². The van der Waals surface area contributed by atoms with Crippen molar-refractivity contribution in [3.8, 4) is 11.5 Å². The van der Waals surface area contributed by atoms with Gasteiger partial charge in [0.2, 0.25) is 0 Å². The second kappa shape index (κ2) is 10.2. The maximum absolute atomic E-state index is 14.2. The Hall–Kier alpha value is -4.33. The zero-order valence-electron chi connectivity index (χ0n) is 21.9. The number of anilines is 1. The zero-order valence-corrected chi connectivity index (χ0v) is 21.9. The zero-order chi connectivity index (χ0) is 27.7. The average Bonchev–Trinajstić information content (AvgIpc) is 3.22. The number of nitrogens with zero attached hydrogens (tertiary/aromatic N) is 1. The highest BCUT2D eigenvalue weighted by atomic mass is 16.5. The number of carboxylic acid groups (broad SMARTS) is 2. The molecule has 3 aromatic carbocycles. The van der Waals surface area contributed by atoms with Crippen LogP contribution in [0.15, 0.2) is 66.7 Å². The van der Waals surface area contributed by atoms with E-state index in [1.807, 2.05) is 57.2 Å². The Labute approximate surface area is 221 Å². The predicted octanol–water partition coefficient (Wildman–Crippen LogP) is 4.73. The van der Waals surface area contributed by atoms with Gasteiger partial charge in [-0.2, -0.15) is 0 Å². The second-order valence-corrected chi connectivity index (χ2v) is 10.4. The lowest BCUT2D eigenvalue weighted by molar-refractivity contribution is -0.143. The Bertz CT molecular complexity index is 1380. The van der Waals surface area contributed by atoms with Crippen LogP contribution < -0.4 is 14.4 Å². The van der Waals surface area contributed by atoms with Crippen LogP contribution in [0, 0.1) is 0 Å². The first-order valence-electron chi connectivity index (χ1n) is 12.2. The Balaban J connectivity index is 1.88. The number of hydrogen-bond acceptors (Lipinski definition) is 5. The maximum Gasteiger partial charge on any atom is 0.341 e. The average molecular weight is 518 g/mol. The number of fused-ring (bicyclic) bond motifs is 1. The van der Waals surface area contributed by atoms with E-state index in [0.717, 1.165) is 11.1 Å². The van der Waals surface area contributed by atoms with E-state index < -0.39 is 30.0 Å². The fourth-order valence-electron chi connectivity index (χ4n) is 5.02. The second-order valence-electron chi connectivity index (χ2n) is 10.4. The Kier molecular flexibility index (Phi) is 7.18. The van der Waals surface area contributed by atoms with Crippen LogP contribution in [-0.4, -0.2) is 47.3 Å². The van der Waals surface area contributed by atoms with Crippen LogP contribution in [0.4, 0.5) is 5.69 Å². The van der Waals surface area contributed by atoms with Crippen molar-refractivity contribution in [1.29, 1.82) is 0 Å². The van der Waals surface area contributed by atoms with Crippen molar-refractivity contribution in [2.24, 2.45) is 0 Å². The first kappa shape index (κ1) is 26.7. The van der Waals surface area contributed by atoms with Crippen molar-refractivity contribution in [2.75, 3.05) is 18.6 Å². The number of ether oxygens (including phenoxy) is 2. The van der Waals surface area contributed by atoms with Crippen LogP contribution in [0.2, 0.25) is 0 Å². The summed E-state index contributed by atoms with van der Waals surface area (Å²) in [7, 11) is 1.53. The summed E-state index contributed by atoms with van der Waals surface area (Å²) in [4.78, 5) is 39.8. The van der Waals surface area contributed by atoms with Crippen LogP contribution in [0.5, 0.6) is 11.5 Å². The molecule has 0 saturated heterocycles. The Morgan fingerprint density at radius 3 is 2.26 bits per heavy atom. The minimum absolute atomic E-state index is 0.0408. The smallest absolute Gasteiger partial charge is 0.341 e. The summed E-state index contributed by atoms with van der Waals surface area (Å²) in [5.74, 6) is -2.07. The summed E-state index contributed by atoms with van der Waals surface area (Å²) in [6.07, 6.45) is -0.00945. The third-order valence-electron chi connectivity index (χ3n) is 6.79. The van der Waals surface area contributed by atoms with E-state index in [1.54, 1.807) is 30.3 Å². The highest BCUT2D eigenvalue weighted by Gasteiger charge is 2.54. The topological polar surface area (TPSA) is 113 Å². The van der Waals surface area contributed by atoms with Gasteiger partial charge in [-0.3, -0.25) is 9.69 Å². The van der Waals surface area contributed by atoms with Gasteiger partial charge in [-0.15, -0.1) is 0 Å². The Morgan fingerprint density at radius 2 is 1.66 bits per heavy atom. The van der Waals surface area contributed by atoms with Gasteiger partial charge in [-0.05, 0) is 40.8 Å². The van der Waals surface area contributed by atoms with Crippen LogP contribution in [0.25, 0.3) is 0 Å². The molecule has 0 aromatic heterocycles. The molecular weight excluding hydrogens is 486 g/mol. The number of amides is 1. The van der Waals surface area contributed by atoms with Gasteiger partial charge in [0, 0.05) is 24.0 Å². The van der Waals surface area contributed by atoms with Crippen molar-refractivity contribution >= 4 is 23.5 Å². The SMILES string of the molecule is COc1cc(C(=O)N2c3cccc(OCC(=O)O)c3CC2(Cc2ccccc2)C(=O)O)ccc1C(C)(C)C. The van der Waals surface area contributed by atoms with Gasteiger partial charge < -0.3 is 19.7 Å². The van der Waals surface area contributed by atoms with Gasteiger partial charge in [-0.25, -0.2) is 9.59 Å². The Morgan fingerprint density at radius 1 is 0.947 bits per heavy atom. The molecule has 1 unspecified atom stereocenters. The molecule has 1 atom stereocenters. The number of benzene rings is 3. The molecule has 0 aliphatic carbocycles.